The van der Waals surface area contributed by atoms with Crippen LogP contribution in [0.25, 0.3) is 22.3 Å². The average Bonchev–Trinajstić information content (AvgIpc) is 2.60. The molecule has 0 spiro atoms. The third-order valence-electron chi connectivity index (χ3n) is 4.12. The minimum Gasteiger partial charge on any atom is -0.365 e. The van der Waals surface area contributed by atoms with Crippen LogP contribution >= 0.6 is 0 Å². The third kappa shape index (κ3) is 4.29. The van der Waals surface area contributed by atoms with E-state index in [1.807, 2.05) is 6.07 Å². The standard InChI is InChI=1S/C19H23FN6/c1-19(2,7-10-26(3)4)25-18-14-6-8-21-12-15(14)23-17(24-18)13-5-9-22-16(20)11-13/h5-6,8-9,11-12H,7,10H2,1-4H3,(H,23,24,25). The lowest BCUT2D eigenvalue weighted by Gasteiger charge is -2.29. The molecule has 3 heterocycles. The van der Waals surface area contributed by atoms with Crippen molar-refractivity contribution in [3.05, 3.63) is 42.7 Å². The zero-order chi connectivity index (χ0) is 18.7. The van der Waals surface area contributed by atoms with E-state index in [0.717, 1.165) is 18.4 Å². The molecule has 1 N–H and O–H groups in total. The fraction of sp³-hybridized carbons (Fsp3) is 0.368. The lowest BCUT2D eigenvalue weighted by atomic mass is 10.00. The normalized spacial score (nSPS) is 11.9. The Morgan fingerprint density at radius 3 is 2.69 bits per heavy atom. The summed E-state index contributed by atoms with van der Waals surface area (Å²) in [7, 11) is 4.11. The molecule has 0 aliphatic heterocycles. The molecular weight excluding hydrogens is 331 g/mol. The van der Waals surface area contributed by atoms with Crippen molar-refractivity contribution >= 4 is 16.7 Å². The quantitative estimate of drug-likeness (QED) is 0.685. The van der Waals surface area contributed by atoms with Crippen LogP contribution in [0.2, 0.25) is 0 Å². The summed E-state index contributed by atoms with van der Waals surface area (Å²) in [5, 5.41) is 4.41. The Morgan fingerprint density at radius 1 is 1.15 bits per heavy atom. The summed E-state index contributed by atoms with van der Waals surface area (Å²) in [6.07, 6.45) is 5.76. The number of rotatable bonds is 6. The molecule has 26 heavy (non-hydrogen) atoms. The summed E-state index contributed by atoms with van der Waals surface area (Å²) >= 11 is 0. The molecule has 3 aromatic rings. The zero-order valence-corrected chi connectivity index (χ0v) is 15.5. The van der Waals surface area contributed by atoms with Gasteiger partial charge in [0.1, 0.15) is 5.82 Å². The number of halogens is 1. The maximum Gasteiger partial charge on any atom is 0.213 e. The molecule has 0 aliphatic rings. The van der Waals surface area contributed by atoms with E-state index < -0.39 is 5.95 Å². The first kappa shape index (κ1) is 18.1. The molecule has 0 bridgehead atoms. The van der Waals surface area contributed by atoms with Gasteiger partial charge >= 0.3 is 0 Å². The Bertz CT molecular complexity index is 909. The van der Waals surface area contributed by atoms with Crippen molar-refractivity contribution < 1.29 is 4.39 Å². The topological polar surface area (TPSA) is 66.8 Å². The Labute approximate surface area is 152 Å². The SMILES string of the molecule is CN(C)CCC(C)(C)Nc1nc(-c2ccnc(F)c2)nc2cnccc12. The zero-order valence-electron chi connectivity index (χ0n) is 15.5. The highest BCUT2D eigenvalue weighted by atomic mass is 19.1. The summed E-state index contributed by atoms with van der Waals surface area (Å²) in [6.45, 7) is 5.22. The Morgan fingerprint density at radius 2 is 1.96 bits per heavy atom. The Hall–Kier alpha value is -2.67. The number of pyridine rings is 2. The van der Waals surface area contributed by atoms with Gasteiger partial charge in [-0.05, 0) is 53.0 Å². The Kier molecular flexibility index (Phi) is 5.08. The van der Waals surface area contributed by atoms with Crippen LogP contribution in [0, 0.1) is 5.95 Å². The highest BCUT2D eigenvalue weighted by Gasteiger charge is 2.20. The molecule has 136 valence electrons. The van der Waals surface area contributed by atoms with Crippen molar-refractivity contribution in [1.82, 2.24) is 24.8 Å². The fourth-order valence-electron chi connectivity index (χ4n) is 2.63. The monoisotopic (exact) mass is 354 g/mol. The van der Waals surface area contributed by atoms with Crippen molar-refractivity contribution in [3.63, 3.8) is 0 Å². The van der Waals surface area contributed by atoms with Gasteiger partial charge in [0.2, 0.25) is 5.95 Å². The van der Waals surface area contributed by atoms with Gasteiger partial charge in [-0.3, -0.25) is 4.98 Å². The van der Waals surface area contributed by atoms with E-state index in [1.165, 1.54) is 12.3 Å². The van der Waals surface area contributed by atoms with Gasteiger partial charge in [-0.25, -0.2) is 15.0 Å². The first-order chi connectivity index (χ1) is 12.3. The summed E-state index contributed by atoms with van der Waals surface area (Å²) in [5.74, 6) is 0.601. The molecule has 0 saturated carbocycles. The van der Waals surface area contributed by atoms with Crippen molar-refractivity contribution in [1.29, 1.82) is 0 Å². The van der Waals surface area contributed by atoms with Crippen LogP contribution in [0.5, 0.6) is 0 Å². The summed E-state index contributed by atoms with van der Waals surface area (Å²) in [5.41, 5.74) is 1.12. The summed E-state index contributed by atoms with van der Waals surface area (Å²) < 4.78 is 13.5. The second kappa shape index (κ2) is 7.29. The molecule has 3 rings (SSSR count). The van der Waals surface area contributed by atoms with Crippen molar-refractivity contribution in [2.45, 2.75) is 25.8 Å². The molecule has 0 fully saturated rings. The number of nitrogens with one attached hydrogen (secondary N) is 1. The molecule has 0 amide bonds. The van der Waals surface area contributed by atoms with Crippen LogP contribution in [0.1, 0.15) is 20.3 Å². The molecule has 7 heteroatoms. The first-order valence-electron chi connectivity index (χ1n) is 8.51. The molecule has 0 aromatic carbocycles. The van der Waals surface area contributed by atoms with Gasteiger partial charge in [-0.1, -0.05) is 0 Å². The van der Waals surface area contributed by atoms with E-state index in [-0.39, 0.29) is 5.54 Å². The van der Waals surface area contributed by atoms with E-state index in [4.69, 9.17) is 0 Å². The smallest absolute Gasteiger partial charge is 0.213 e. The highest BCUT2D eigenvalue weighted by Crippen LogP contribution is 2.27. The van der Waals surface area contributed by atoms with Gasteiger partial charge in [0.25, 0.3) is 0 Å². The van der Waals surface area contributed by atoms with Gasteiger partial charge in [0.15, 0.2) is 5.82 Å². The van der Waals surface area contributed by atoms with E-state index in [1.54, 1.807) is 18.5 Å². The van der Waals surface area contributed by atoms with Crippen molar-refractivity contribution in [3.8, 4) is 11.4 Å². The molecule has 0 unspecified atom stereocenters. The van der Waals surface area contributed by atoms with Gasteiger partial charge in [-0.15, -0.1) is 0 Å². The van der Waals surface area contributed by atoms with Crippen LogP contribution in [-0.2, 0) is 0 Å². The van der Waals surface area contributed by atoms with E-state index in [9.17, 15) is 4.39 Å². The minimum atomic E-state index is -0.557. The minimum absolute atomic E-state index is 0.171. The first-order valence-corrected chi connectivity index (χ1v) is 8.51. The number of hydrogen-bond acceptors (Lipinski definition) is 6. The van der Waals surface area contributed by atoms with E-state index >= 15 is 0 Å². The molecule has 0 saturated heterocycles. The fourth-order valence-corrected chi connectivity index (χ4v) is 2.63. The molecular formula is C19H23FN6. The lowest BCUT2D eigenvalue weighted by molar-refractivity contribution is 0.356. The largest absolute Gasteiger partial charge is 0.365 e. The number of aromatic nitrogens is 4. The maximum absolute atomic E-state index is 13.5. The lowest BCUT2D eigenvalue weighted by Crippen LogP contribution is -2.35. The molecule has 3 aromatic heterocycles. The number of hydrogen-bond donors (Lipinski definition) is 1. The maximum atomic E-state index is 13.5. The van der Waals surface area contributed by atoms with Crippen LogP contribution in [0.15, 0.2) is 36.8 Å². The van der Waals surface area contributed by atoms with Crippen LogP contribution in [-0.4, -0.2) is 51.0 Å². The number of anilines is 1. The predicted molar refractivity (Wildman–Crippen MR) is 101 cm³/mol. The van der Waals surface area contributed by atoms with Crippen LogP contribution < -0.4 is 5.32 Å². The second-order valence-electron chi connectivity index (χ2n) is 7.22. The summed E-state index contributed by atoms with van der Waals surface area (Å²) in [6, 6.07) is 4.91. The van der Waals surface area contributed by atoms with E-state index in [2.05, 4.69) is 58.1 Å². The van der Waals surface area contributed by atoms with Gasteiger partial charge in [0.05, 0.1) is 11.7 Å². The number of nitrogens with zero attached hydrogens (tertiary/aromatic N) is 5. The molecule has 0 aliphatic carbocycles. The van der Waals surface area contributed by atoms with Crippen LogP contribution in [0.3, 0.4) is 0 Å². The van der Waals surface area contributed by atoms with Gasteiger partial charge < -0.3 is 10.2 Å². The third-order valence-corrected chi connectivity index (χ3v) is 4.12. The predicted octanol–water partition coefficient (Wildman–Crippen LogP) is 3.37. The van der Waals surface area contributed by atoms with Gasteiger partial charge in [-0.2, -0.15) is 4.39 Å². The Balaban J connectivity index is 2.03. The second-order valence-corrected chi connectivity index (χ2v) is 7.22. The van der Waals surface area contributed by atoms with Gasteiger partial charge in [0, 0.05) is 34.9 Å². The number of fused-ring (bicyclic) bond motifs is 1. The molecule has 6 nitrogen and oxygen atoms in total. The summed E-state index contributed by atoms with van der Waals surface area (Å²) in [4.78, 5) is 19.1. The van der Waals surface area contributed by atoms with Crippen molar-refractivity contribution in [2.24, 2.45) is 0 Å². The highest BCUT2D eigenvalue weighted by molar-refractivity contribution is 5.90. The van der Waals surface area contributed by atoms with E-state index in [0.29, 0.717) is 22.7 Å². The van der Waals surface area contributed by atoms with Crippen LogP contribution in [0.4, 0.5) is 10.2 Å². The molecule has 0 atom stereocenters. The molecule has 0 radical (unpaired) electrons. The van der Waals surface area contributed by atoms with Crippen molar-refractivity contribution in [2.75, 3.05) is 26.0 Å². The average molecular weight is 354 g/mol.